The van der Waals surface area contributed by atoms with Gasteiger partial charge in [0.1, 0.15) is 5.69 Å². The minimum atomic E-state index is -0.142. The van der Waals surface area contributed by atoms with Crippen LogP contribution in [-0.2, 0) is 0 Å². The molecular formula is C18H17N3OS. The third-order valence-electron chi connectivity index (χ3n) is 3.99. The number of nitrogens with zero attached hydrogens (tertiary/aromatic N) is 2. The van der Waals surface area contributed by atoms with Crippen molar-refractivity contribution in [2.75, 3.05) is 5.73 Å². The molecule has 0 aliphatic rings. The topological polar surface area (TPSA) is 68.9 Å². The number of carbonyl (C=O) groups excluding carboxylic acids is 1. The molecule has 0 saturated carbocycles. The fourth-order valence-electron chi connectivity index (χ4n) is 2.50. The predicted octanol–water partition coefficient (Wildman–Crippen LogP) is 3.94. The van der Waals surface area contributed by atoms with E-state index in [2.05, 4.69) is 9.97 Å². The predicted molar refractivity (Wildman–Crippen MR) is 93.8 cm³/mol. The number of ketones is 1. The Labute approximate surface area is 139 Å². The summed E-state index contributed by atoms with van der Waals surface area (Å²) in [4.78, 5) is 22.3. The number of hydrogen-bond donors (Lipinski definition) is 1. The number of aryl methyl sites for hydroxylation is 2. The molecule has 3 rings (SSSR count). The van der Waals surface area contributed by atoms with Crippen LogP contribution in [0.3, 0.4) is 0 Å². The number of benzene rings is 1. The van der Waals surface area contributed by atoms with Crippen LogP contribution >= 0.6 is 11.3 Å². The highest BCUT2D eigenvalue weighted by Gasteiger charge is 2.18. The summed E-state index contributed by atoms with van der Waals surface area (Å²) < 4.78 is 0. The van der Waals surface area contributed by atoms with Gasteiger partial charge in [-0.15, -0.1) is 11.3 Å². The highest BCUT2D eigenvalue weighted by Crippen LogP contribution is 2.29. The molecule has 0 bridgehead atoms. The number of anilines is 1. The maximum atomic E-state index is 12.8. The molecule has 2 aromatic heterocycles. The van der Waals surface area contributed by atoms with E-state index in [9.17, 15) is 4.79 Å². The van der Waals surface area contributed by atoms with Gasteiger partial charge < -0.3 is 5.73 Å². The first kappa shape index (κ1) is 15.4. The van der Waals surface area contributed by atoms with Gasteiger partial charge in [-0.25, -0.2) is 9.97 Å². The summed E-state index contributed by atoms with van der Waals surface area (Å²) in [5.74, 6) is -0.142. The molecular weight excluding hydrogens is 306 g/mol. The number of aromatic nitrogens is 2. The molecule has 3 aromatic rings. The van der Waals surface area contributed by atoms with Gasteiger partial charge in [-0.05, 0) is 38.0 Å². The van der Waals surface area contributed by atoms with E-state index in [0.717, 1.165) is 27.3 Å². The maximum absolute atomic E-state index is 12.8. The molecule has 0 spiro atoms. The van der Waals surface area contributed by atoms with Gasteiger partial charge in [0.25, 0.3) is 0 Å². The van der Waals surface area contributed by atoms with Crippen molar-refractivity contribution in [3.8, 4) is 10.4 Å². The van der Waals surface area contributed by atoms with Crippen molar-refractivity contribution >= 4 is 22.8 Å². The minimum absolute atomic E-state index is 0.142. The number of rotatable bonds is 3. The zero-order valence-corrected chi connectivity index (χ0v) is 14.1. The summed E-state index contributed by atoms with van der Waals surface area (Å²) in [5, 5.41) is 0. The Hall–Kier alpha value is -2.53. The smallest absolute Gasteiger partial charge is 0.213 e. The molecule has 4 nitrogen and oxygen atoms in total. The number of hydrogen-bond acceptors (Lipinski definition) is 5. The Balaban J connectivity index is 2.03. The normalized spacial score (nSPS) is 10.7. The van der Waals surface area contributed by atoms with E-state index >= 15 is 0 Å². The Bertz CT molecular complexity index is 899. The molecule has 0 aliphatic carbocycles. The van der Waals surface area contributed by atoms with Crippen LogP contribution in [-0.4, -0.2) is 15.8 Å². The van der Waals surface area contributed by atoms with Crippen LogP contribution in [0, 0.1) is 20.8 Å². The number of pyridine rings is 1. The lowest BCUT2D eigenvalue weighted by atomic mass is 9.97. The fraction of sp³-hybridized carbons (Fsp3) is 0.167. The highest BCUT2D eigenvalue weighted by atomic mass is 32.1. The van der Waals surface area contributed by atoms with Crippen LogP contribution in [0.15, 0.2) is 36.0 Å². The molecule has 0 amide bonds. The van der Waals surface area contributed by atoms with E-state index in [0.29, 0.717) is 16.9 Å². The number of nitrogens with two attached hydrogens (primary N) is 1. The van der Waals surface area contributed by atoms with Crippen LogP contribution in [0.4, 0.5) is 5.69 Å². The van der Waals surface area contributed by atoms with Crippen LogP contribution in [0.1, 0.15) is 32.9 Å². The van der Waals surface area contributed by atoms with Crippen molar-refractivity contribution in [1.29, 1.82) is 0 Å². The lowest BCUT2D eigenvalue weighted by Crippen LogP contribution is -2.10. The zero-order chi connectivity index (χ0) is 16.6. The fourth-order valence-corrected chi connectivity index (χ4v) is 3.29. The van der Waals surface area contributed by atoms with Gasteiger partial charge in [-0.2, -0.15) is 0 Å². The van der Waals surface area contributed by atoms with Crippen molar-refractivity contribution in [2.45, 2.75) is 20.8 Å². The van der Waals surface area contributed by atoms with Crippen LogP contribution in [0.25, 0.3) is 10.4 Å². The van der Waals surface area contributed by atoms with Crippen molar-refractivity contribution in [3.63, 3.8) is 0 Å². The van der Waals surface area contributed by atoms with Gasteiger partial charge in [-0.3, -0.25) is 4.79 Å². The number of nitrogen functional groups attached to an aromatic ring is 1. The second kappa shape index (κ2) is 5.93. The quantitative estimate of drug-likeness (QED) is 0.741. The molecule has 0 aliphatic heterocycles. The van der Waals surface area contributed by atoms with E-state index in [1.54, 1.807) is 17.8 Å². The molecule has 0 atom stereocenters. The van der Waals surface area contributed by atoms with E-state index < -0.39 is 0 Å². The van der Waals surface area contributed by atoms with Crippen LogP contribution in [0.5, 0.6) is 0 Å². The van der Waals surface area contributed by atoms with Gasteiger partial charge >= 0.3 is 0 Å². The Morgan fingerprint density at radius 1 is 1.17 bits per heavy atom. The van der Waals surface area contributed by atoms with Crippen LogP contribution in [0.2, 0.25) is 0 Å². The second-order valence-corrected chi connectivity index (χ2v) is 6.36. The van der Waals surface area contributed by atoms with Crippen molar-refractivity contribution in [2.24, 2.45) is 0 Å². The maximum Gasteiger partial charge on any atom is 0.213 e. The average molecular weight is 323 g/mol. The third-order valence-corrected chi connectivity index (χ3v) is 4.97. The zero-order valence-electron chi connectivity index (χ0n) is 13.3. The first-order valence-electron chi connectivity index (χ1n) is 7.26. The van der Waals surface area contributed by atoms with Gasteiger partial charge in [-0.1, -0.05) is 18.2 Å². The molecule has 0 unspecified atom stereocenters. The van der Waals surface area contributed by atoms with Gasteiger partial charge in [0.2, 0.25) is 5.78 Å². The van der Waals surface area contributed by atoms with E-state index in [1.807, 2.05) is 39.0 Å². The number of thiazole rings is 1. The summed E-state index contributed by atoms with van der Waals surface area (Å²) in [7, 11) is 0. The summed E-state index contributed by atoms with van der Waals surface area (Å²) in [6.07, 6.45) is 1.69. The summed E-state index contributed by atoms with van der Waals surface area (Å²) in [6.45, 7) is 5.86. The van der Waals surface area contributed by atoms with Gasteiger partial charge in [0.15, 0.2) is 0 Å². The molecule has 23 heavy (non-hydrogen) atoms. The molecule has 2 N–H and O–H groups in total. The van der Waals surface area contributed by atoms with E-state index in [1.165, 1.54) is 11.3 Å². The van der Waals surface area contributed by atoms with Crippen molar-refractivity contribution < 1.29 is 4.79 Å². The average Bonchev–Trinajstić information content (AvgIpc) is 2.95. The summed E-state index contributed by atoms with van der Waals surface area (Å²) in [5.41, 5.74) is 13.1. The third kappa shape index (κ3) is 2.75. The Morgan fingerprint density at radius 3 is 2.61 bits per heavy atom. The summed E-state index contributed by atoms with van der Waals surface area (Å²) in [6, 6.07) is 7.47. The van der Waals surface area contributed by atoms with Gasteiger partial charge in [0.05, 0.1) is 21.8 Å². The highest BCUT2D eigenvalue weighted by molar-refractivity contribution is 7.13. The monoisotopic (exact) mass is 323 g/mol. The lowest BCUT2D eigenvalue weighted by Gasteiger charge is -2.10. The Morgan fingerprint density at radius 2 is 1.96 bits per heavy atom. The van der Waals surface area contributed by atoms with Gasteiger partial charge in [0, 0.05) is 17.3 Å². The largest absolute Gasteiger partial charge is 0.397 e. The molecule has 2 heterocycles. The molecule has 0 radical (unpaired) electrons. The van der Waals surface area contributed by atoms with E-state index in [4.69, 9.17) is 5.73 Å². The number of carbonyl (C=O) groups is 1. The molecule has 5 heteroatoms. The molecule has 1 aromatic carbocycles. The lowest BCUT2D eigenvalue weighted by molar-refractivity contribution is 0.103. The second-order valence-electron chi connectivity index (χ2n) is 5.51. The van der Waals surface area contributed by atoms with E-state index in [-0.39, 0.29) is 5.78 Å². The van der Waals surface area contributed by atoms with Crippen molar-refractivity contribution in [3.05, 3.63) is 64.1 Å². The van der Waals surface area contributed by atoms with Crippen LogP contribution < -0.4 is 5.73 Å². The molecule has 0 fully saturated rings. The van der Waals surface area contributed by atoms with Crippen molar-refractivity contribution in [1.82, 2.24) is 9.97 Å². The Kier molecular flexibility index (Phi) is 3.96. The first-order chi connectivity index (χ1) is 11.0. The minimum Gasteiger partial charge on any atom is -0.397 e. The molecule has 116 valence electrons. The molecule has 0 saturated heterocycles. The standard InChI is InChI=1S/C18H17N3OS/c1-10-5-4-6-14(11(10)2)17(22)16-15(19)7-13(8-20-16)18-12(3)21-9-23-18/h4-9H,19H2,1-3H3. The first-order valence-corrected chi connectivity index (χ1v) is 8.14. The SMILES string of the molecule is Cc1cccc(C(=O)c2ncc(-c3scnc3C)cc2N)c1C. The summed E-state index contributed by atoms with van der Waals surface area (Å²) >= 11 is 1.53.